The van der Waals surface area contributed by atoms with E-state index in [4.69, 9.17) is 4.99 Å². The molecule has 0 saturated heterocycles. The maximum atomic E-state index is 4.93. The van der Waals surface area contributed by atoms with Crippen LogP contribution in [0.4, 0.5) is 0 Å². The van der Waals surface area contributed by atoms with Crippen LogP contribution >= 0.6 is 0 Å². The number of nitrogens with zero attached hydrogens (tertiary/aromatic N) is 4. The molecule has 1 aromatic carbocycles. The number of hydrogen-bond donors (Lipinski definition) is 3. The van der Waals surface area contributed by atoms with E-state index in [-0.39, 0.29) is 11.6 Å². The molecule has 0 spiro atoms. The molecule has 2 aromatic rings. The molecule has 2 rings (SSSR count). The molecule has 0 amide bonds. The molecular formula is C23H39N7. The van der Waals surface area contributed by atoms with Crippen LogP contribution in [0.1, 0.15) is 64.9 Å². The standard InChI is InChI=1S/C23H39N7/c1-6-21-29-27-18-30(21)16-15-25-22(24-9-4)26-17-23(7-2,8-3)28-19(5)20-13-11-10-12-14-20/h10-14,18-19,28H,6-9,15-17H2,1-5H3,(H2,24,25,26). The summed E-state index contributed by atoms with van der Waals surface area (Å²) in [5.74, 6) is 1.86. The number of aromatic nitrogens is 3. The Morgan fingerprint density at radius 1 is 1.10 bits per heavy atom. The summed E-state index contributed by atoms with van der Waals surface area (Å²) in [5.41, 5.74) is 1.26. The fraction of sp³-hybridized carbons (Fsp3) is 0.609. The molecule has 7 heteroatoms. The lowest BCUT2D eigenvalue weighted by molar-refractivity contribution is 0.280. The number of guanidine groups is 1. The topological polar surface area (TPSA) is 79.2 Å². The normalized spacial score (nSPS) is 13.3. The second-order valence-corrected chi connectivity index (χ2v) is 7.68. The van der Waals surface area contributed by atoms with Gasteiger partial charge in [0.15, 0.2) is 5.96 Å². The number of nitrogens with one attached hydrogen (secondary N) is 3. The van der Waals surface area contributed by atoms with Gasteiger partial charge >= 0.3 is 0 Å². The van der Waals surface area contributed by atoms with Gasteiger partial charge < -0.3 is 20.5 Å². The Balaban J connectivity index is 2.00. The van der Waals surface area contributed by atoms with E-state index in [2.05, 4.69) is 95.7 Å². The van der Waals surface area contributed by atoms with Crippen molar-refractivity contribution < 1.29 is 0 Å². The molecule has 0 fully saturated rings. The van der Waals surface area contributed by atoms with Crippen molar-refractivity contribution in [2.75, 3.05) is 19.6 Å². The number of benzene rings is 1. The first-order valence-corrected chi connectivity index (χ1v) is 11.3. The van der Waals surface area contributed by atoms with E-state index in [1.165, 1.54) is 5.56 Å². The maximum absolute atomic E-state index is 4.93. The third-order valence-corrected chi connectivity index (χ3v) is 5.72. The molecule has 1 unspecified atom stereocenters. The third kappa shape index (κ3) is 6.83. The molecule has 0 aliphatic carbocycles. The Morgan fingerprint density at radius 2 is 1.83 bits per heavy atom. The molecule has 0 radical (unpaired) electrons. The van der Waals surface area contributed by atoms with Gasteiger partial charge in [-0.25, -0.2) is 0 Å². The fourth-order valence-electron chi connectivity index (χ4n) is 3.61. The van der Waals surface area contributed by atoms with E-state index in [9.17, 15) is 0 Å². The van der Waals surface area contributed by atoms with Crippen LogP contribution in [0.3, 0.4) is 0 Å². The zero-order valence-electron chi connectivity index (χ0n) is 19.3. The minimum absolute atomic E-state index is 0.0404. The number of hydrogen-bond acceptors (Lipinski definition) is 4. The molecule has 1 heterocycles. The Morgan fingerprint density at radius 3 is 2.47 bits per heavy atom. The molecule has 3 N–H and O–H groups in total. The van der Waals surface area contributed by atoms with Crippen molar-refractivity contribution >= 4 is 5.96 Å². The van der Waals surface area contributed by atoms with E-state index in [1.54, 1.807) is 6.33 Å². The second kappa shape index (κ2) is 12.3. The zero-order chi connectivity index (χ0) is 21.8. The summed E-state index contributed by atoms with van der Waals surface area (Å²) in [6, 6.07) is 10.9. The Kier molecular flexibility index (Phi) is 9.80. The number of aryl methyl sites for hydroxylation is 1. The average molecular weight is 414 g/mol. The van der Waals surface area contributed by atoms with Crippen LogP contribution in [0.25, 0.3) is 0 Å². The van der Waals surface area contributed by atoms with E-state index in [1.807, 2.05) is 0 Å². The molecule has 7 nitrogen and oxygen atoms in total. The van der Waals surface area contributed by atoms with Crippen molar-refractivity contribution in [2.45, 2.75) is 72.0 Å². The van der Waals surface area contributed by atoms with E-state index in [0.717, 1.165) is 57.2 Å². The van der Waals surface area contributed by atoms with Crippen molar-refractivity contribution in [1.82, 2.24) is 30.7 Å². The maximum Gasteiger partial charge on any atom is 0.191 e. The molecule has 0 bridgehead atoms. The largest absolute Gasteiger partial charge is 0.357 e. The molecule has 166 valence electrons. The minimum atomic E-state index is -0.0404. The van der Waals surface area contributed by atoms with Gasteiger partial charge in [0.25, 0.3) is 0 Å². The summed E-state index contributed by atoms with van der Waals surface area (Å²) >= 11 is 0. The Labute approximate surface area is 181 Å². The van der Waals surface area contributed by atoms with Crippen LogP contribution in [0.2, 0.25) is 0 Å². The van der Waals surface area contributed by atoms with Gasteiger partial charge in [-0.3, -0.25) is 4.99 Å². The third-order valence-electron chi connectivity index (χ3n) is 5.72. The van der Waals surface area contributed by atoms with Gasteiger partial charge in [0.05, 0.1) is 6.54 Å². The van der Waals surface area contributed by atoms with Crippen LogP contribution in [0.15, 0.2) is 41.7 Å². The lowest BCUT2D eigenvalue weighted by Gasteiger charge is -2.35. The zero-order valence-corrected chi connectivity index (χ0v) is 19.3. The van der Waals surface area contributed by atoms with Crippen LogP contribution < -0.4 is 16.0 Å². The molecule has 1 aromatic heterocycles. The SMILES string of the molecule is CCNC(=NCC(CC)(CC)NC(C)c1ccccc1)NCCn1cnnc1CC. The van der Waals surface area contributed by atoms with Gasteiger partial charge in [-0.05, 0) is 32.3 Å². The summed E-state index contributed by atoms with van der Waals surface area (Å²) in [7, 11) is 0. The van der Waals surface area contributed by atoms with Crippen molar-refractivity contribution in [3.63, 3.8) is 0 Å². The quantitative estimate of drug-likeness (QED) is 0.367. The van der Waals surface area contributed by atoms with Gasteiger partial charge in [-0.15, -0.1) is 10.2 Å². The van der Waals surface area contributed by atoms with Crippen LogP contribution in [0.5, 0.6) is 0 Å². The first-order chi connectivity index (χ1) is 14.6. The highest BCUT2D eigenvalue weighted by Gasteiger charge is 2.28. The number of rotatable bonds is 12. The summed E-state index contributed by atoms with van der Waals surface area (Å²) in [6.07, 6.45) is 4.71. The van der Waals surface area contributed by atoms with Gasteiger partial charge in [0.1, 0.15) is 12.2 Å². The monoisotopic (exact) mass is 413 g/mol. The molecule has 30 heavy (non-hydrogen) atoms. The summed E-state index contributed by atoms with van der Waals surface area (Å²) in [6.45, 7) is 14.0. The first-order valence-electron chi connectivity index (χ1n) is 11.3. The van der Waals surface area contributed by atoms with Crippen molar-refractivity contribution in [3.05, 3.63) is 48.0 Å². The molecular weight excluding hydrogens is 374 g/mol. The second-order valence-electron chi connectivity index (χ2n) is 7.68. The molecule has 0 aliphatic heterocycles. The van der Waals surface area contributed by atoms with Crippen molar-refractivity contribution in [2.24, 2.45) is 4.99 Å². The van der Waals surface area contributed by atoms with Gasteiger partial charge in [-0.1, -0.05) is 51.1 Å². The predicted molar refractivity (Wildman–Crippen MR) is 125 cm³/mol. The first kappa shape index (κ1) is 23.9. The minimum Gasteiger partial charge on any atom is -0.357 e. The Bertz CT molecular complexity index is 750. The van der Waals surface area contributed by atoms with Gasteiger partial charge in [0.2, 0.25) is 0 Å². The van der Waals surface area contributed by atoms with Gasteiger partial charge in [0, 0.05) is 37.6 Å². The van der Waals surface area contributed by atoms with E-state index >= 15 is 0 Å². The fourth-order valence-corrected chi connectivity index (χ4v) is 3.61. The lowest BCUT2D eigenvalue weighted by atomic mass is 9.91. The molecule has 0 saturated carbocycles. The average Bonchev–Trinajstić information content (AvgIpc) is 3.24. The highest BCUT2D eigenvalue weighted by molar-refractivity contribution is 5.79. The predicted octanol–water partition coefficient (Wildman–Crippen LogP) is 3.31. The molecule has 1 atom stereocenters. The van der Waals surface area contributed by atoms with Crippen LogP contribution in [-0.2, 0) is 13.0 Å². The van der Waals surface area contributed by atoms with Crippen LogP contribution in [0, 0.1) is 0 Å². The summed E-state index contributed by atoms with van der Waals surface area (Å²) in [5, 5.41) is 18.8. The summed E-state index contributed by atoms with van der Waals surface area (Å²) < 4.78 is 2.09. The Hall–Kier alpha value is -2.41. The van der Waals surface area contributed by atoms with Gasteiger partial charge in [-0.2, -0.15) is 0 Å². The van der Waals surface area contributed by atoms with Crippen molar-refractivity contribution in [3.8, 4) is 0 Å². The van der Waals surface area contributed by atoms with E-state index < -0.39 is 0 Å². The molecule has 0 aliphatic rings. The summed E-state index contributed by atoms with van der Waals surface area (Å²) in [4.78, 5) is 4.93. The van der Waals surface area contributed by atoms with Crippen molar-refractivity contribution in [1.29, 1.82) is 0 Å². The highest BCUT2D eigenvalue weighted by atomic mass is 15.3. The lowest BCUT2D eigenvalue weighted by Crippen LogP contribution is -2.49. The number of aliphatic imine (C=N–C) groups is 1. The van der Waals surface area contributed by atoms with Crippen LogP contribution in [-0.4, -0.2) is 45.9 Å². The highest BCUT2D eigenvalue weighted by Crippen LogP contribution is 2.22. The smallest absolute Gasteiger partial charge is 0.191 e. The van der Waals surface area contributed by atoms with E-state index in [0.29, 0.717) is 0 Å².